The van der Waals surface area contributed by atoms with Crippen molar-refractivity contribution in [2.75, 3.05) is 6.61 Å². The maximum absolute atomic E-state index is 13.4. The van der Waals surface area contributed by atoms with E-state index in [-0.39, 0.29) is 24.9 Å². The van der Waals surface area contributed by atoms with Gasteiger partial charge in [-0.25, -0.2) is 4.79 Å². The second kappa shape index (κ2) is 20.0. The van der Waals surface area contributed by atoms with Crippen molar-refractivity contribution in [3.05, 3.63) is 66.2 Å². The quantitative estimate of drug-likeness (QED) is 0.125. The first-order chi connectivity index (χ1) is 22.7. The molecule has 12 nitrogen and oxygen atoms in total. The number of aliphatic carboxylic acids is 1. The van der Waals surface area contributed by atoms with Gasteiger partial charge in [-0.05, 0) is 48.3 Å². The van der Waals surface area contributed by atoms with E-state index in [1.54, 1.807) is 68.4 Å². The summed E-state index contributed by atoms with van der Waals surface area (Å²) in [5.74, 6) is -3.27. The van der Waals surface area contributed by atoms with Gasteiger partial charge in [-0.15, -0.1) is 0 Å². The molecule has 0 heterocycles. The number of hydrogen-bond acceptors (Lipinski definition) is 7. The normalized spacial score (nSPS) is 14.4. The van der Waals surface area contributed by atoms with Gasteiger partial charge in [-0.3, -0.25) is 19.2 Å². The van der Waals surface area contributed by atoms with Crippen molar-refractivity contribution in [3.8, 4) is 5.75 Å². The molecule has 0 aliphatic heterocycles. The van der Waals surface area contributed by atoms with Crippen LogP contribution in [0.15, 0.2) is 60.7 Å². The molecule has 48 heavy (non-hydrogen) atoms. The Morgan fingerprint density at radius 1 is 0.688 bits per heavy atom. The number of carboxylic acids is 1. The third kappa shape index (κ3) is 14.5. The lowest BCUT2D eigenvalue weighted by Crippen LogP contribution is -2.56. The van der Waals surface area contributed by atoms with Gasteiger partial charge in [0.2, 0.25) is 17.7 Å². The summed E-state index contributed by atoms with van der Waals surface area (Å²) in [6, 6.07) is 13.7. The van der Waals surface area contributed by atoms with Crippen molar-refractivity contribution in [2.24, 2.45) is 17.8 Å². The molecule has 2 aromatic rings. The van der Waals surface area contributed by atoms with E-state index in [4.69, 9.17) is 4.74 Å². The topological polar surface area (TPSA) is 183 Å². The van der Waals surface area contributed by atoms with E-state index in [9.17, 15) is 34.2 Å². The third-order valence-corrected chi connectivity index (χ3v) is 7.55. The van der Waals surface area contributed by atoms with E-state index in [1.165, 1.54) is 0 Å². The van der Waals surface area contributed by atoms with Gasteiger partial charge in [-0.1, -0.05) is 90.1 Å². The molecule has 12 heteroatoms. The molecule has 1 unspecified atom stereocenters. The zero-order chi connectivity index (χ0) is 35.8. The van der Waals surface area contributed by atoms with Gasteiger partial charge in [0, 0.05) is 6.42 Å². The number of aliphatic hydroxyl groups excluding tert-OH is 1. The number of carbonyl (C=O) groups is 5. The van der Waals surface area contributed by atoms with Gasteiger partial charge in [0.1, 0.15) is 23.9 Å². The molecule has 4 amide bonds. The first-order valence-electron chi connectivity index (χ1n) is 16.5. The lowest BCUT2D eigenvalue weighted by atomic mass is 9.95. The van der Waals surface area contributed by atoms with Crippen LogP contribution in [0.4, 0.5) is 0 Å². The fraction of sp³-hybridized carbons (Fsp3) is 0.528. The lowest BCUT2D eigenvalue weighted by Gasteiger charge is -2.29. The summed E-state index contributed by atoms with van der Waals surface area (Å²) in [7, 11) is 0. The number of hydrogen-bond donors (Lipinski definition) is 6. The molecule has 0 fully saturated rings. The molecular formula is C36H52N4O8. The molecule has 2 rings (SSSR count). The Morgan fingerprint density at radius 2 is 1.27 bits per heavy atom. The first kappa shape index (κ1) is 39.7. The van der Waals surface area contributed by atoms with Crippen molar-refractivity contribution < 1.29 is 38.9 Å². The molecule has 0 bridgehead atoms. The van der Waals surface area contributed by atoms with Crippen LogP contribution in [0, 0.1) is 17.8 Å². The number of carboxylic acid groups (broad SMARTS) is 1. The average Bonchev–Trinajstić information content (AvgIpc) is 3.01. The summed E-state index contributed by atoms with van der Waals surface area (Å²) >= 11 is 0. The molecule has 264 valence electrons. The number of rotatable bonds is 20. The number of nitrogens with one attached hydrogen (secondary N) is 4. The van der Waals surface area contributed by atoms with Crippen molar-refractivity contribution >= 4 is 29.6 Å². The van der Waals surface area contributed by atoms with Crippen LogP contribution in [0.25, 0.3) is 0 Å². The minimum absolute atomic E-state index is 0.0391. The van der Waals surface area contributed by atoms with Crippen LogP contribution < -0.4 is 26.0 Å². The lowest BCUT2D eigenvalue weighted by molar-refractivity contribution is -0.142. The molecule has 6 N–H and O–H groups in total. The summed E-state index contributed by atoms with van der Waals surface area (Å²) in [5, 5.41) is 31.6. The number of benzene rings is 2. The van der Waals surface area contributed by atoms with E-state index in [1.807, 2.05) is 33.8 Å². The molecule has 0 radical (unpaired) electrons. The third-order valence-electron chi connectivity index (χ3n) is 7.55. The maximum Gasteiger partial charge on any atom is 0.326 e. The number of para-hydroxylation sites is 1. The smallest absolute Gasteiger partial charge is 0.326 e. The molecular weight excluding hydrogens is 616 g/mol. The van der Waals surface area contributed by atoms with Crippen molar-refractivity contribution in [3.63, 3.8) is 0 Å². The minimum Gasteiger partial charge on any atom is -0.484 e. The fourth-order valence-electron chi connectivity index (χ4n) is 5.12. The van der Waals surface area contributed by atoms with E-state index in [0.29, 0.717) is 18.6 Å². The first-order valence-corrected chi connectivity index (χ1v) is 16.5. The maximum atomic E-state index is 13.4. The summed E-state index contributed by atoms with van der Waals surface area (Å²) in [6.45, 7) is 10.8. The van der Waals surface area contributed by atoms with E-state index in [0.717, 1.165) is 5.56 Å². The SMILES string of the molecule is CC(C)CC(NC(=O)[C@H](CC(C)C)NC(=O)COc1ccccc1)[C@@H](O)CC(=O)N[C@H](C(=O)N[C@@H](Cc1ccccc1)C(=O)O)C(C)C. The molecule has 0 aliphatic rings. The highest BCUT2D eigenvalue weighted by Gasteiger charge is 2.32. The van der Waals surface area contributed by atoms with Crippen LogP contribution in [0.5, 0.6) is 5.75 Å². The van der Waals surface area contributed by atoms with Crippen molar-refractivity contribution in [1.29, 1.82) is 0 Å². The molecule has 0 saturated heterocycles. The van der Waals surface area contributed by atoms with Crippen molar-refractivity contribution in [1.82, 2.24) is 21.3 Å². The van der Waals surface area contributed by atoms with Gasteiger partial charge in [0.15, 0.2) is 6.61 Å². The number of amides is 4. The minimum atomic E-state index is -1.31. The van der Waals surface area contributed by atoms with Gasteiger partial charge in [0.25, 0.3) is 5.91 Å². The van der Waals surface area contributed by atoms with Crippen LogP contribution in [-0.4, -0.2) is 76.7 Å². The molecule has 0 spiro atoms. The van der Waals surface area contributed by atoms with E-state index in [2.05, 4.69) is 21.3 Å². The van der Waals surface area contributed by atoms with Gasteiger partial charge >= 0.3 is 5.97 Å². The highest BCUT2D eigenvalue weighted by molar-refractivity contribution is 5.91. The van der Waals surface area contributed by atoms with Crippen molar-refractivity contribution in [2.45, 2.75) is 97.5 Å². The average molecular weight is 669 g/mol. The van der Waals surface area contributed by atoms with Crippen LogP contribution in [0.1, 0.15) is 66.4 Å². The number of aliphatic hydroxyl groups is 1. The van der Waals surface area contributed by atoms with E-state index >= 15 is 0 Å². The van der Waals surface area contributed by atoms with Crippen LogP contribution in [0.3, 0.4) is 0 Å². The number of carbonyl (C=O) groups excluding carboxylic acids is 4. The standard InChI is InChI=1S/C36H52N4O8/c1-22(2)17-27(38-34(44)28(18-23(3)4)37-32(43)21-48-26-15-11-8-12-16-26)30(41)20-31(42)40-33(24(5)6)35(45)39-29(36(46)47)19-25-13-9-7-10-14-25/h7-16,22-24,27-30,33,41H,17-21H2,1-6H3,(H,37,43)(H,38,44)(H,39,45)(H,40,42)(H,46,47)/t27?,28-,29-,30-,33-/m0/s1. The Bertz CT molecular complexity index is 1320. The Kier molecular flexibility index (Phi) is 16.6. The summed E-state index contributed by atoms with van der Waals surface area (Å²) in [6.07, 6.45) is -0.997. The Labute approximate surface area is 283 Å². The van der Waals surface area contributed by atoms with Crippen LogP contribution in [-0.2, 0) is 30.4 Å². The zero-order valence-electron chi connectivity index (χ0n) is 28.8. The Hall–Kier alpha value is -4.45. The highest BCUT2D eigenvalue weighted by Crippen LogP contribution is 2.15. The summed E-state index contributed by atoms with van der Waals surface area (Å²) < 4.78 is 5.51. The van der Waals surface area contributed by atoms with Crippen LogP contribution in [0.2, 0.25) is 0 Å². The zero-order valence-corrected chi connectivity index (χ0v) is 28.8. The monoisotopic (exact) mass is 668 g/mol. The Balaban J connectivity index is 2.06. The summed E-state index contributed by atoms with van der Waals surface area (Å²) in [4.78, 5) is 64.3. The molecule has 0 aliphatic carbocycles. The van der Waals surface area contributed by atoms with Gasteiger partial charge < -0.3 is 36.2 Å². The van der Waals surface area contributed by atoms with Gasteiger partial charge in [0.05, 0.1) is 18.6 Å². The molecule has 0 saturated carbocycles. The molecule has 5 atom stereocenters. The summed E-state index contributed by atoms with van der Waals surface area (Å²) in [5.41, 5.74) is 0.729. The second-order valence-corrected chi connectivity index (χ2v) is 13.2. The predicted octanol–water partition coefficient (Wildman–Crippen LogP) is 2.83. The number of ether oxygens (including phenoxy) is 1. The van der Waals surface area contributed by atoms with Gasteiger partial charge in [-0.2, -0.15) is 0 Å². The molecule has 2 aromatic carbocycles. The van der Waals surface area contributed by atoms with E-state index < -0.39 is 72.2 Å². The van der Waals surface area contributed by atoms with Crippen LogP contribution >= 0.6 is 0 Å². The predicted molar refractivity (Wildman–Crippen MR) is 182 cm³/mol. The highest BCUT2D eigenvalue weighted by atomic mass is 16.5. The Morgan fingerprint density at radius 3 is 1.81 bits per heavy atom. The molecule has 0 aromatic heterocycles. The fourth-order valence-corrected chi connectivity index (χ4v) is 5.12. The second-order valence-electron chi connectivity index (χ2n) is 13.2. The largest absolute Gasteiger partial charge is 0.484 e.